The first-order valence-electron chi connectivity index (χ1n) is 13.4. The van der Waals surface area contributed by atoms with Crippen LogP contribution in [0.1, 0.15) is 56.3 Å². The number of nitrogens with one attached hydrogen (secondary N) is 2. The number of rotatable bonds is 8. The molecule has 0 bridgehead atoms. The highest BCUT2D eigenvalue weighted by Gasteiger charge is 2.36. The molecule has 0 heterocycles. The number of halogens is 2. The van der Waals surface area contributed by atoms with Crippen molar-refractivity contribution in [3.8, 4) is 11.1 Å². The van der Waals surface area contributed by atoms with E-state index in [1.165, 1.54) is 24.3 Å². The summed E-state index contributed by atoms with van der Waals surface area (Å²) in [4.78, 5) is 27.0. The van der Waals surface area contributed by atoms with E-state index in [1.54, 1.807) is 24.3 Å². The average molecular weight is 541 g/mol. The van der Waals surface area contributed by atoms with Crippen LogP contribution in [0.15, 0.2) is 60.7 Å². The van der Waals surface area contributed by atoms with Crippen molar-refractivity contribution in [2.24, 2.45) is 5.92 Å². The molecule has 1 fully saturated rings. The normalized spacial score (nSPS) is 14.1. The summed E-state index contributed by atoms with van der Waals surface area (Å²) >= 11 is 0. The fourth-order valence-corrected chi connectivity index (χ4v) is 5.13. The number of hydrogen-bond acceptors (Lipinski definition) is 3. The number of carbonyl (C=O) groups excluding carboxylic acids is 1. The highest BCUT2D eigenvalue weighted by atomic mass is 19.1. The topological polar surface area (TPSA) is 81.7 Å². The molecular formula is C30H31B2F2N3O3. The summed E-state index contributed by atoms with van der Waals surface area (Å²) in [6.07, 6.45) is 4.78. The lowest BCUT2D eigenvalue weighted by Gasteiger charge is -2.51. The van der Waals surface area contributed by atoms with E-state index in [9.17, 15) is 23.5 Å². The number of carboxylic acids is 1. The second kappa shape index (κ2) is 12.1. The fraction of sp³-hybridized carbons (Fsp3) is 0.333. The predicted octanol–water partition coefficient (Wildman–Crippen LogP) is 6.76. The summed E-state index contributed by atoms with van der Waals surface area (Å²) in [7, 11) is 13.5. The van der Waals surface area contributed by atoms with Crippen LogP contribution < -0.4 is 15.5 Å². The molecule has 0 unspecified atom stereocenters. The van der Waals surface area contributed by atoms with Gasteiger partial charge in [-0.05, 0) is 77.7 Å². The first-order valence-corrected chi connectivity index (χ1v) is 13.4. The molecule has 40 heavy (non-hydrogen) atoms. The Morgan fingerprint density at radius 2 is 1.62 bits per heavy atom. The van der Waals surface area contributed by atoms with Gasteiger partial charge < -0.3 is 20.6 Å². The summed E-state index contributed by atoms with van der Waals surface area (Å²) < 4.78 is 28.5. The van der Waals surface area contributed by atoms with Crippen LogP contribution in [-0.4, -0.2) is 44.2 Å². The number of aromatic carboxylic acids is 1. The van der Waals surface area contributed by atoms with Crippen LogP contribution >= 0.6 is 0 Å². The summed E-state index contributed by atoms with van der Waals surface area (Å²) in [5.41, 5.74) is 1.15. The minimum Gasteiger partial charge on any atom is -0.478 e. The molecule has 1 aliphatic carbocycles. The molecule has 1 aliphatic rings. The third-order valence-electron chi connectivity index (χ3n) is 7.43. The minimum atomic E-state index is -1.30. The van der Waals surface area contributed by atoms with E-state index < -0.39 is 29.0 Å². The number of amides is 2. The van der Waals surface area contributed by atoms with Crippen LogP contribution in [0.5, 0.6) is 0 Å². The van der Waals surface area contributed by atoms with E-state index in [4.69, 9.17) is 15.7 Å². The second-order valence-electron chi connectivity index (χ2n) is 10.5. The lowest BCUT2D eigenvalue weighted by Crippen LogP contribution is -2.59. The van der Waals surface area contributed by atoms with E-state index in [-0.39, 0.29) is 34.5 Å². The van der Waals surface area contributed by atoms with Crippen LogP contribution in [-0.2, 0) is 0 Å². The van der Waals surface area contributed by atoms with Crippen molar-refractivity contribution in [1.29, 1.82) is 0 Å². The van der Waals surface area contributed by atoms with Gasteiger partial charge in [0.2, 0.25) is 0 Å². The molecule has 4 radical (unpaired) electrons. The van der Waals surface area contributed by atoms with Gasteiger partial charge in [-0.25, -0.2) is 18.4 Å². The number of carbonyl (C=O) groups is 2. The molecule has 3 aromatic rings. The Balaban J connectivity index is 1.85. The maximum atomic E-state index is 14.3. The number of benzene rings is 3. The first kappa shape index (κ1) is 29.2. The Labute approximate surface area is 236 Å². The molecule has 0 spiro atoms. The third kappa shape index (κ3) is 6.32. The number of hydrogen-bond donors (Lipinski definition) is 3. The Morgan fingerprint density at radius 3 is 2.27 bits per heavy atom. The second-order valence-corrected chi connectivity index (χ2v) is 10.5. The van der Waals surface area contributed by atoms with Gasteiger partial charge in [-0.2, -0.15) is 0 Å². The molecular weight excluding hydrogens is 510 g/mol. The maximum absolute atomic E-state index is 14.3. The largest absolute Gasteiger partial charge is 0.478 e. The molecule has 0 saturated heterocycles. The van der Waals surface area contributed by atoms with Crippen molar-refractivity contribution in [2.75, 3.05) is 15.5 Å². The number of carboxylic acid groups (broad SMARTS) is 1. The molecule has 0 aliphatic heterocycles. The van der Waals surface area contributed by atoms with E-state index in [0.29, 0.717) is 11.3 Å². The molecule has 0 aromatic heterocycles. The van der Waals surface area contributed by atoms with E-state index >= 15 is 0 Å². The van der Waals surface area contributed by atoms with Gasteiger partial charge in [0.15, 0.2) is 0 Å². The molecule has 10 heteroatoms. The highest BCUT2D eigenvalue weighted by molar-refractivity contribution is 6.42. The Bertz CT molecular complexity index is 1390. The smallest absolute Gasteiger partial charge is 0.336 e. The van der Waals surface area contributed by atoms with Crippen LogP contribution in [0.25, 0.3) is 11.1 Å². The lowest BCUT2D eigenvalue weighted by molar-refractivity contribution is 0.0697. The van der Waals surface area contributed by atoms with Crippen molar-refractivity contribution in [1.82, 2.24) is 0 Å². The van der Waals surface area contributed by atoms with Gasteiger partial charge in [-0.3, -0.25) is 0 Å². The zero-order valence-electron chi connectivity index (χ0n) is 22.6. The molecule has 4 rings (SSSR count). The third-order valence-corrected chi connectivity index (χ3v) is 7.43. The molecule has 3 N–H and O–H groups in total. The van der Waals surface area contributed by atoms with Crippen molar-refractivity contribution in [3.05, 3.63) is 77.9 Å². The van der Waals surface area contributed by atoms with Crippen LogP contribution in [0, 0.1) is 17.6 Å². The van der Waals surface area contributed by atoms with Gasteiger partial charge in [-0.1, -0.05) is 51.3 Å². The first-order chi connectivity index (χ1) is 19.0. The SMILES string of the molecule is [B]C([B])(C(C)C)N(c1ccc(-c2cc(F)ccc2C(=O)O)cc1NC(=O)Nc1ccccc1F)C1CCCCC1. The Kier molecular flexibility index (Phi) is 8.86. The quantitative estimate of drug-likeness (QED) is 0.276. The van der Waals surface area contributed by atoms with Crippen LogP contribution in [0.4, 0.5) is 30.6 Å². The zero-order chi connectivity index (χ0) is 29.0. The van der Waals surface area contributed by atoms with Gasteiger partial charge in [0.25, 0.3) is 0 Å². The fourth-order valence-electron chi connectivity index (χ4n) is 5.13. The predicted molar refractivity (Wildman–Crippen MR) is 156 cm³/mol. The van der Waals surface area contributed by atoms with Gasteiger partial charge >= 0.3 is 12.0 Å². The molecule has 204 valence electrons. The van der Waals surface area contributed by atoms with Gasteiger partial charge in [0, 0.05) is 6.04 Å². The van der Waals surface area contributed by atoms with E-state index in [0.717, 1.165) is 44.2 Å². The average Bonchev–Trinajstić information content (AvgIpc) is 2.91. The van der Waals surface area contributed by atoms with E-state index in [1.807, 2.05) is 18.7 Å². The van der Waals surface area contributed by atoms with Crippen molar-refractivity contribution in [2.45, 2.75) is 57.3 Å². The maximum Gasteiger partial charge on any atom is 0.336 e. The summed E-state index contributed by atoms with van der Waals surface area (Å²) in [6.45, 7) is 3.82. The van der Waals surface area contributed by atoms with Crippen LogP contribution in [0.2, 0.25) is 0 Å². The molecule has 6 nitrogen and oxygen atoms in total. The van der Waals surface area contributed by atoms with Crippen molar-refractivity contribution in [3.63, 3.8) is 0 Å². The number of nitrogens with zero attached hydrogens (tertiary/aromatic N) is 1. The number of para-hydroxylation sites is 1. The minimum absolute atomic E-state index is 0.0177. The number of anilines is 3. The lowest BCUT2D eigenvalue weighted by atomic mass is 9.54. The molecule has 0 atom stereocenters. The van der Waals surface area contributed by atoms with Gasteiger partial charge in [0.05, 0.1) is 38.3 Å². The van der Waals surface area contributed by atoms with Crippen molar-refractivity contribution < 1.29 is 23.5 Å². The van der Waals surface area contributed by atoms with Gasteiger partial charge in [0.1, 0.15) is 11.6 Å². The number of urea groups is 1. The molecule has 3 aromatic carbocycles. The Morgan fingerprint density at radius 1 is 0.950 bits per heavy atom. The summed E-state index contributed by atoms with van der Waals surface area (Å²) in [6, 6.07) is 13.3. The monoisotopic (exact) mass is 541 g/mol. The van der Waals surface area contributed by atoms with Crippen LogP contribution in [0.3, 0.4) is 0 Å². The molecule has 1 saturated carbocycles. The summed E-state index contributed by atoms with van der Waals surface area (Å²) in [5.74, 6) is -2.63. The highest BCUT2D eigenvalue weighted by Crippen LogP contribution is 2.41. The Hall–Kier alpha value is -3.81. The zero-order valence-corrected chi connectivity index (χ0v) is 22.6. The molecule has 2 amide bonds. The van der Waals surface area contributed by atoms with Crippen molar-refractivity contribution >= 4 is 44.8 Å². The van der Waals surface area contributed by atoms with E-state index in [2.05, 4.69) is 10.6 Å². The van der Waals surface area contributed by atoms with Gasteiger partial charge in [-0.15, -0.1) is 0 Å². The standard InChI is InChI=1S/C30H31B2F2N3O3/c1-18(2)30(31,32)37(21-8-4-3-5-9-21)27-15-12-19(23-17-20(33)13-14-22(23)28(38)39)16-26(27)36-29(40)35-25-11-7-6-10-24(25)34/h6-7,10-18,21H,3-5,8-9H2,1-2H3,(H,38,39)(H2,35,36,40). The summed E-state index contributed by atoms with van der Waals surface area (Å²) in [5, 5.41) is 13.7.